The van der Waals surface area contributed by atoms with Crippen LogP contribution in [0.25, 0.3) is 0 Å². The molecule has 0 radical (unpaired) electrons. The van der Waals surface area contributed by atoms with Gasteiger partial charge in [-0.2, -0.15) is 0 Å². The molecule has 0 aliphatic heterocycles. The van der Waals surface area contributed by atoms with E-state index < -0.39 is 5.97 Å². The lowest BCUT2D eigenvalue weighted by molar-refractivity contribution is -0.137. The van der Waals surface area contributed by atoms with Crippen LogP contribution in [0.1, 0.15) is 47.5 Å². The van der Waals surface area contributed by atoms with E-state index in [2.05, 4.69) is 39.5 Å². The standard InChI is InChI=1S/C12H25NO2/c1-9(2)8-13(10(3)4)11(5)6-7-12(14)15/h9-11H,6-8H2,1-5H3,(H,14,15). The summed E-state index contributed by atoms with van der Waals surface area (Å²) in [6, 6.07) is 0.833. The van der Waals surface area contributed by atoms with E-state index in [1.54, 1.807) is 0 Å². The Morgan fingerprint density at radius 3 is 2.07 bits per heavy atom. The fourth-order valence-corrected chi connectivity index (χ4v) is 1.82. The first-order valence-corrected chi connectivity index (χ1v) is 5.82. The highest BCUT2D eigenvalue weighted by atomic mass is 16.4. The third-order valence-corrected chi connectivity index (χ3v) is 2.58. The smallest absolute Gasteiger partial charge is 0.303 e. The normalized spacial score (nSPS) is 13.9. The van der Waals surface area contributed by atoms with Gasteiger partial charge in [-0.05, 0) is 33.1 Å². The summed E-state index contributed by atoms with van der Waals surface area (Å²) < 4.78 is 0. The minimum absolute atomic E-state index is 0.266. The zero-order valence-corrected chi connectivity index (χ0v) is 10.7. The molecule has 0 aromatic carbocycles. The lowest BCUT2D eigenvalue weighted by Crippen LogP contribution is -2.41. The number of nitrogens with zero attached hydrogens (tertiary/aromatic N) is 1. The molecule has 3 heteroatoms. The van der Waals surface area contributed by atoms with Crippen LogP contribution in [0.4, 0.5) is 0 Å². The summed E-state index contributed by atoms with van der Waals surface area (Å²) in [6.07, 6.45) is 1.00. The lowest BCUT2D eigenvalue weighted by atomic mass is 10.1. The van der Waals surface area contributed by atoms with Crippen LogP contribution in [0, 0.1) is 5.92 Å². The number of hydrogen-bond acceptors (Lipinski definition) is 2. The topological polar surface area (TPSA) is 40.5 Å². The summed E-state index contributed by atoms with van der Waals surface area (Å²) in [5.74, 6) is -0.0743. The molecule has 0 aliphatic rings. The number of hydrogen-bond donors (Lipinski definition) is 1. The second-order valence-electron chi connectivity index (χ2n) is 4.97. The molecule has 0 heterocycles. The van der Waals surface area contributed by atoms with Crippen molar-refractivity contribution >= 4 is 5.97 Å². The second kappa shape index (κ2) is 6.83. The van der Waals surface area contributed by atoms with Gasteiger partial charge in [-0.25, -0.2) is 0 Å². The summed E-state index contributed by atoms with van der Waals surface area (Å²) in [5.41, 5.74) is 0. The lowest BCUT2D eigenvalue weighted by Gasteiger charge is -2.34. The molecule has 0 rings (SSSR count). The van der Waals surface area contributed by atoms with Crippen LogP contribution >= 0.6 is 0 Å². The minimum atomic E-state index is -0.699. The molecule has 0 bridgehead atoms. The Morgan fingerprint density at radius 1 is 1.20 bits per heavy atom. The summed E-state index contributed by atoms with van der Waals surface area (Å²) in [6.45, 7) is 11.9. The molecule has 0 aromatic heterocycles. The van der Waals surface area contributed by atoms with Gasteiger partial charge < -0.3 is 5.11 Å². The first-order valence-electron chi connectivity index (χ1n) is 5.82. The Morgan fingerprint density at radius 2 is 1.73 bits per heavy atom. The monoisotopic (exact) mass is 215 g/mol. The number of carboxylic acids is 1. The average Bonchev–Trinajstić information content (AvgIpc) is 2.09. The largest absolute Gasteiger partial charge is 0.481 e. The van der Waals surface area contributed by atoms with Crippen LogP contribution in [-0.2, 0) is 4.79 Å². The molecule has 0 aliphatic carbocycles. The predicted molar refractivity (Wildman–Crippen MR) is 63.0 cm³/mol. The maximum Gasteiger partial charge on any atom is 0.303 e. The van der Waals surface area contributed by atoms with Gasteiger partial charge in [0.15, 0.2) is 0 Å². The Hall–Kier alpha value is -0.570. The SMILES string of the molecule is CC(C)CN(C(C)C)C(C)CCC(=O)O. The number of rotatable bonds is 7. The molecule has 0 spiro atoms. The van der Waals surface area contributed by atoms with E-state index in [1.165, 1.54) is 0 Å². The van der Waals surface area contributed by atoms with Crippen molar-refractivity contribution in [2.24, 2.45) is 5.92 Å². The van der Waals surface area contributed by atoms with Gasteiger partial charge >= 0.3 is 5.97 Å². The van der Waals surface area contributed by atoms with Gasteiger partial charge in [0.1, 0.15) is 0 Å². The van der Waals surface area contributed by atoms with Gasteiger partial charge in [0.25, 0.3) is 0 Å². The van der Waals surface area contributed by atoms with Crippen molar-refractivity contribution in [2.45, 2.75) is 59.5 Å². The van der Waals surface area contributed by atoms with Gasteiger partial charge in [-0.3, -0.25) is 9.69 Å². The third kappa shape index (κ3) is 6.50. The van der Waals surface area contributed by atoms with E-state index in [0.717, 1.165) is 13.0 Å². The highest BCUT2D eigenvalue weighted by Crippen LogP contribution is 2.13. The van der Waals surface area contributed by atoms with Gasteiger partial charge in [0.2, 0.25) is 0 Å². The molecular formula is C12H25NO2. The fourth-order valence-electron chi connectivity index (χ4n) is 1.82. The summed E-state index contributed by atoms with van der Waals surface area (Å²) in [7, 11) is 0. The maximum atomic E-state index is 10.5. The summed E-state index contributed by atoms with van der Waals surface area (Å²) in [4.78, 5) is 12.9. The highest BCUT2D eigenvalue weighted by Gasteiger charge is 2.18. The summed E-state index contributed by atoms with van der Waals surface area (Å²) >= 11 is 0. The van der Waals surface area contributed by atoms with Crippen molar-refractivity contribution < 1.29 is 9.90 Å². The fraction of sp³-hybridized carbons (Fsp3) is 0.917. The van der Waals surface area contributed by atoms with Gasteiger partial charge in [0.05, 0.1) is 0 Å². The number of aliphatic carboxylic acids is 1. The Labute approximate surface area is 93.5 Å². The zero-order valence-electron chi connectivity index (χ0n) is 10.7. The van der Waals surface area contributed by atoms with E-state index in [9.17, 15) is 4.79 Å². The molecule has 0 aromatic rings. The molecule has 0 amide bonds. The molecule has 0 saturated carbocycles. The summed E-state index contributed by atoms with van der Waals surface area (Å²) in [5, 5.41) is 8.65. The van der Waals surface area contributed by atoms with Crippen LogP contribution in [0.3, 0.4) is 0 Å². The van der Waals surface area contributed by atoms with E-state index in [1.807, 2.05) is 0 Å². The number of carbonyl (C=O) groups is 1. The zero-order chi connectivity index (χ0) is 12.0. The Balaban J connectivity index is 4.16. The van der Waals surface area contributed by atoms with Crippen LogP contribution in [0.2, 0.25) is 0 Å². The van der Waals surface area contributed by atoms with Crippen LogP contribution in [-0.4, -0.2) is 34.6 Å². The van der Waals surface area contributed by atoms with Crippen molar-refractivity contribution in [3.63, 3.8) is 0 Å². The first kappa shape index (κ1) is 14.4. The molecule has 0 saturated heterocycles. The molecule has 90 valence electrons. The molecule has 1 atom stereocenters. The minimum Gasteiger partial charge on any atom is -0.481 e. The van der Waals surface area contributed by atoms with Crippen molar-refractivity contribution in [3.8, 4) is 0 Å². The molecule has 3 nitrogen and oxygen atoms in total. The van der Waals surface area contributed by atoms with Crippen molar-refractivity contribution in [2.75, 3.05) is 6.54 Å². The van der Waals surface area contributed by atoms with E-state index >= 15 is 0 Å². The Kier molecular flexibility index (Phi) is 6.57. The van der Waals surface area contributed by atoms with Crippen LogP contribution in [0.15, 0.2) is 0 Å². The van der Waals surface area contributed by atoms with Gasteiger partial charge in [0, 0.05) is 25.0 Å². The third-order valence-electron chi connectivity index (χ3n) is 2.58. The predicted octanol–water partition coefficient (Wildman–Crippen LogP) is 2.61. The van der Waals surface area contributed by atoms with Crippen molar-refractivity contribution in [1.82, 2.24) is 4.90 Å². The van der Waals surface area contributed by atoms with Gasteiger partial charge in [-0.1, -0.05) is 13.8 Å². The van der Waals surface area contributed by atoms with E-state index in [4.69, 9.17) is 5.11 Å². The molecule has 0 fully saturated rings. The quantitative estimate of drug-likeness (QED) is 0.709. The second-order valence-corrected chi connectivity index (χ2v) is 4.97. The van der Waals surface area contributed by atoms with Gasteiger partial charge in [-0.15, -0.1) is 0 Å². The van der Waals surface area contributed by atoms with Crippen molar-refractivity contribution in [1.29, 1.82) is 0 Å². The number of carboxylic acid groups (broad SMARTS) is 1. The molecule has 15 heavy (non-hydrogen) atoms. The van der Waals surface area contributed by atoms with E-state index in [0.29, 0.717) is 18.0 Å². The van der Waals surface area contributed by atoms with Crippen LogP contribution < -0.4 is 0 Å². The van der Waals surface area contributed by atoms with Crippen molar-refractivity contribution in [3.05, 3.63) is 0 Å². The molecule has 1 N–H and O–H groups in total. The average molecular weight is 215 g/mol. The Bertz CT molecular complexity index is 190. The molecule has 1 unspecified atom stereocenters. The van der Waals surface area contributed by atoms with Crippen LogP contribution in [0.5, 0.6) is 0 Å². The highest BCUT2D eigenvalue weighted by molar-refractivity contribution is 5.66. The first-order chi connectivity index (χ1) is 6.84. The molecular weight excluding hydrogens is 190 g/mol. The maximum absolute atomic E-state index is 10.5. The van der Waals surface area contributed by atoms with E-state index in [-0.39, 0.29) is 6.42 Å².